The Hall–Kier alpha value is -1.59. The highest BCUT2D eigenvalue weighted by Crippen LogP contribution is 2.27. The zero-order valence-corrected chi connectivity index (χ0v) is 13.6. The third-order valence-electron chi connectivity index (χ3n) is 4.02. The molecule has 1 fully saturated rings. The average Bonchev–Trinajstić information content (AvgIpc) is 3.24. The van der Waals surface area contributed by atoms with E-state index in [-0.39, 0.29) is 11.9 Å². The second-order valence-electron chi connectivity index (χ2n) is 5.47. The maximum Gasteiger partial charge on any atom is 0.223 e. The number of aryl methyl sites for hydroxylation is 2. The van der Waals surface area contributed by atoms with Crippen molar-refractivity contribution in [3.05, 3.63) is 46.0 Å². The molecule has 22 heavy (non-hydrogen) atoms. The van der Waals surface area contributed by atoms with Gasteiger partial charge in [-0.05, 0) is 40.9 Å². The van der Waals surface area contributed by atoms with E-state index >= 15 is 0 Å². The van der Waals surface area contributed by atoms with Crippen molar-refractivity contribution in [2.75, 3.05) is 19.8 Å². The zero-order chi connectivity index (χ0) is 15.4. The van der Waals surface area contributed by atoms with Crippen LogP contribution in [0.5, 0.6) is 0 Å². The molecule has 0 aromatic carbocycles. The van der Waals surface area contributed by atoms with E-state index in [2.05, 4.69) is 18.4 Å². The topological polar surface area (TPSA) is 42.7 Å². The molecule has 3 heterocycles. The van der Waals surface area contributed by atoms with Crippen molar-refractivity contribution in [1.82, 2.24) is 4.90 Å². The lowest BCUT2D eigenvalue weighted by atomic mass is 10.1. The quantitative estimate of drug-likeness (QED) is 0.848. The van der Waals surface area contributed by atoms with Gasteiger partial charge in [-0.2, -0.15) is 11.3 Å². The standard InChI is InChI=1S/C17H21NO3S/c1-2-14-4-5-16(21-14)15-11-20-9-8-18(15)17(19)6-3-13-7-10-22-12-13/h4-5,7,10,12,15H,2-3,6,8-9,11H2,1H3. The monoisotopic (exact) mass is 319 g/mol. The molecule has 0 bridgehead atoms. The maximum atomic E-state index is 12.6. The molecule has 1 aliphatic heterocycles. The molecule has 2 aromatic rings. The van der Waals surface area contributed by atoms with Gasteiger partial charge in [-0.3, -0.25) is 4.79 Å². The van der Waals surface area contributed by atoms with Crippen LogP contribution < -0.4 is 0 Å². The van der Waals surface area contributed by atoms with Gasteiger partial charge in [0.2, 0.25) is 5.91 Å². The maximum absolute atomic E-state index is 12.6. The summed E-state index contributed by atoms with van der Waals surface area (Å²) in [5.74, 6) is 1.96. The van der Waals surface area contributed by atoms with Gasteiger partial charge in [0.05, 0.1) is 13.2 Å². The van der Waals surface area contributed by atoms with Crippen LogP contribution in [0, 0.1) is 0 Å². The van der Waals surface area contributed by atoms with Crippen LogP contribution in [0.1, 0.15) is 36.5 Å². The lowest BCUT2D eigenvalue weighted by molar-refractivity contribution is -0.141. The number of hydrogen-bond donors (Lipinski definition) is 0. The van der Waals surface area contributed by atoms with Crippen LogP contribution in [0.15, 0.2) is 33.4 Å². The Bertz CT molecular complexity index is 605. The first kappa shape index (κ1) is 15.3. The summed E-state index contributed by atoms with van der Waals surface area (Å²) < 4.78 is 11.4. The van der Waals surface area contributed by atoms with Gasteiger partial charge in [0.1, 0.15) is 17.6 Å². The number of carbonyl (C=O) groups excluding carboxylic acids is 1. The summed E-state index contributed by atoms with van der Waals surface area (Å²) in [5.41, 5.74) is 1.23. The second-order valence-corrected chi connectivity index (χ2v) is 6.25. The second kappa shape index (κ2) is 7.11. The fourth-order valence-corrected chi connectivity index (χ4v) is 3.43. The Morgan fingerprint density at radius 1 is 1.41 bits per heavy atom. The van der Waals surface area contributed by atoms with Crippen LogP contribution in [-0.4, -0.2) is 30.6 Å². The first-order valence-electron chi connectivity index (χ1n) is 7.75. The van der Waals surface area contributed by atoms with Gasteiger partial charge >= 0.3 is 0 Å². The first-order valence-corrected chi connectivity index (χ1v) is 8.69. The summed E-state index contributed by atoms with van der Waals surface area (Å²) in [7, 11) is 0. The number of amides is 1. The van der Waals surface area contributed by atoms with Gasteiger partial charge < -0.3 is 14.1 Å². The molecule has 1 saturated heterocycles. The average molecular weight is 319 g/mol. The number of morpholine rings is 1. The van der Waals surface area contributed by atoms with Crippen molar-refractivity contribution < 1.29 is 13.9 Å². The Morgan fingerprint density at radius 3 is 3.05 bits per heavy atom. The minimum Gasteiger partial charge on any atom is -0.464 e. The zero-order valence-electron chi connectivity index (χ0n) is 12.8. The highest BCUT2D eigenvalue weighted by molar-refractivity contribution is 7.07. The first-order chi connectivity index (χ1) is 10.8. The van der Waals surface area contributed by atoms with Crippen molar-refractivity contribution in [1.29, 1.82) is 0 Å². The fourth-order valence-electron chi connectivity index (χ4n) is 2.73. The molecule has 118 valence electrons. The summed E-state index contributed by atoms with van der Waals surface area (Å²) in [6.07, 6.45) is 2.19. The molecular weight excluding hydrogens is 298 g/mol. The number of carbonyl (C=O) groups is 1. The highest BCUT2D eigenvalue weighted by Gasteiger charge is 2.30. The Labute approximate surface area is 134 Å². The minimum absolute atomic E-state index is 0.0935. The molecule has 4 nitrogen and oxygen atoms in total. The van der Waals surface area contributed by atoms with Crippen molar-refractivity contribution in [3.63, 3.8) is 0 Å². The van der Waals surface area contributed by atoms with E-state index in [0.717, 1.165) is 24.4 Å². The molecule has 1 atom stereocenters. The van der Waals surface area contributed by atoms with Crippen molar-refractivity contribution in [3.8, 4) is 0 Å². The molecule has 3 rings (SSSR count). The van der Waals surface area contributed by atoms with Crippen molar-refractivity contribution in [2.24, 2.45) is 0 Å². The Kier molecular flexibility index (Phi) is 4.95. The largest absolute Gasteiger partial charge is 0.464 e. The molecule has 1 unspecified atom stereocenters. The molecule has 1 aliphatic rings. The summed E-state index contributed by atoms with van der Waals surface area (Å²) in [4.78, 5) is 14.5. The smallest absolute Gasteiger partial charge is 0.223 e. The molecule has 2 aromatic heterocycles. The van der Waals surface area contributed by atoms with Crippen molar-refractivity contribution >= 4 is 17.2 Å². The lowest BCUT2D eigenvalue weighted by Crippen LogP contribution is -2.43. The molecule has 0 spiro atoms. The summed E-state index contributed by atoms with van der Waals surface area (Å²) in [6, 6.07) is 5.94. The predicted octanol–water partition coefficient (Wildman–Crippen LogP) is 3.44. The molecule has 0 radical (unpaired) electrons. The normalized spacial score (nSPS) is 18.6. The van der Waals surface area contributed by atoms with Gasteiger partial charge in [-0.15, -0.1) is 0 Å². The van der Waals surface area contributed by atoms with Gasteiger partial charge in [-0.1, -0.05) is 6.92 Å². The third-order valence-corrected chi connectivity index (χ3v) is 4.75. The van der Waals surface area contributed by atoms with E-state index in [1.54, 1.807) is 11.3 Å². The van der Waals surface area contributed by atoms with Gasteiger partial charge in [-0.25, -0.2) is 0 Å². The van der Waals surface area contributed by atoms with Gasteiger partial charge in [0.25, 0.3) is 0 Å². The number of ether oxygens (including phenoxy) is 1. The molecule has 0 saturated carbocycles. The van der Waals surface area contributed by atoms with E-state index in [1.165, 1.54) is 5.56 Å². The van der Waals surface area contributed by atoms with E-state index < -0.39 is 0 Å². The SMILES string of the molecule is CCc1ccc(C2COCCN2C(=O)CCc2ccsc2)o1. The highest BCUT2D eigenvalue weighted by atomic mass is 32.1. The third kappa shape index (κ3) is 3.42. The van der Waals surface area contributed by atoms with E-state index in [0.29, 0.717) is 26.2 Å². The summed E-state index contributed by atoms with van der Waals surface area (Å²) in [6.45, 7) is 3.81. The van der Waals surface area contributed by atoms with Crippen LogP contribution in [0.3, 0.4) is 0 Å². The number of furan rings is 1. The minimum atomic E-state index is -0.0935. The van der Waals surface area contributed by atoms with E-state index in [9.17, 15) is 4.79 Å². The Balaban J connectivity index is 1.67. The van der Waals surface area contributed by atoms with Crippen molar-refractivity contribution in [2.45, 2.75) is 32.2 Å². The van der Waals surface area contributed by atoms with Gasteiger partial charge in [0, 0.05) is 19.4 Å². The fraction of sp³-hybridized carbons (Fsp3) is 0.471. The number of rotatable bonds is 5. The summed E-state index contributed by atoms with van der Waals surface area (Å²) >= 11 is 1.67. The number of hydrogen-bond acceptors (Lipinski definition) is 4. The summed E-state index contributed by atoms with van der Waals surface area (Å²) in [5, 5.41) is 4.15. The molecule has 0 aliphatic carbocycles. The van der Waals surface area contributed by atoms with Gasteiger partial charge in [0.15, 0.2) is 0 Å². The Morgan fingerprint density at radius 2 is 2.32 bits per heavy atom. The number of nitrogens with zero attached hydrogens (tertiary/aromatic N) is 1. The molecule has 0 N–H and O–H groups in total. The number of thiophene rings is 1. The van der Waals surface area contributed by atoms with Crippen LogP contribution in [-0.2, 0) is 22.4 Å². The van der Waals surface area contributed by atoms with E-state index in [4.69, 9.17) is 9.15 Å². The molecule has 5 heteroatoms. The van der Waals surface area contributed by atoms with Crippen LogP contribution in [0.4, 0.5) is 0 Å². The molecular formula is C17H21NO3S. The van der Waals surface area contributed by atoms with E-state index in [1.807, 2.05) is 22.4 Å². The lowest BCUT2D eigenvalue weighted by Gasteiger charge is -2.34. The van der Waals surface area contributed by atoms with Crippen LogP contribution >= 0.6 is 11.3 Å². The predicted molar refractivity (Wildman–Crippen MR) is 86.0 cm³/mol. The van der Waals surface area contributed by atoms with Crippen LogP contribution in [0.2, 0.25) is 0 Å². The van der Waals surface area contributed by atoms with Crippen LogP contribution in [0.25, 0.3) is 0 Å². The molecule has 1 amide bonds.